The average Bonchev–Trinajstić information content (AvgIpc) is 2.27. The molecule has 94 valence electrons. The summed E-state index contributed by atoms with van der Waals surface area (Å²) in [7, 11) is 2.37. The van der Waals surface area contributed by atoms with Crippen LogP contribution >= 0.6 is 0 Å². The van der Waals surface area contributed by atoms with Crippen LogP contribution in [-0.2, 0) is 22.1 Å². The van der Waals surface area contributed by atoms with Crippen molar-refractivity contribution in [2.45, 2.75) is 12.6 Å². The van der Waals surface area contributed by atoms with Crippen LogP contribution in [0.5, 0.6) is 5.88 Å². The largest absolute Gasteiger partial charge is 0.481 e. The zero-order valence-electron chi connectivity index (χ0n) is 9.17. The molecule has 0 aliphatic heterocycles. The Morgan fingerprint density at radius 1 is 1.35 bits per heavy atom. The predicted molar refractivity (Wildman–Crippen MR) is 51.5 cm³/mol. The molecule has 0 spiro atoms. The Morgan fingerprint density at radius 3 is 2.47 bits per heavy atom. The Kier molecular flexibility index (Phi) is 3.93. The molecular weight excluding hydrogens is 239 g/mol. The lowest BCUT2D eigenvalue weighted by atomic mass is 10.1. The van der Waals surface area contributed by atoms with Crippen molar-refractivity contribution in [3.63, 3.8) is 0 Å². The summed E-state index contributed by atoms with van der Waals surface area (Å²) in [5.74, 6) is -0.784. The molecule has 0 bridgehead atoms. The van der Waals surface area contributed by atoms with E-state index < -0.39 is 29.8 Å². The molecule has 1 aromatic rings. The Morgan fingerprint density at radius 2 is 2.00 bits per heavy atom. The number of hydrogen-bond acceptors (Lipinski definition) is 4. The van der Waals surface area contributed by atoms with Gasteiger partial charge in [-0.25, -0.2) is 4.98 Å². The minimum absolute atomic E-state index is 0.0110. The Balaban J connectivity index is 3.16. The number of methoxy groups -OCH3 is 2. The van der Waals surface area contributed by atoms with Gasteiger partial charge in [-0.1, -0.05) is 0 Å². The Labute approximate surface area is 95.4 Å². The molecule has 4 nitrogen and oxygen atoms in total. The van der Waals surface area contributed by atoms with Crippen molar-refractivity contribution in [2.24, 2.45) is 0 Å². The molecule has 1 heterocycles. The fraction of sp³-hybridized carbons (Fsp3) is 0.400. The van der Waals surface area contributed by atoms with Gasteiger partial charge in [0.2, 0.25) is 5.88 Å². The monoisotopic (exact) mass is 249 g/mol. The standard InChI is InChI=1S/C10H10F3NO3/c1-16-8-4-3-6(10(11,12)13)7(14-8)5-9(15)17-2/h3-4H,5H2,1-2H3. The smallest absolute Gasteiger partial charge is 0.418 e. The molecule has 0 saturated carbocycles. The fourth-order valence-electron chi connectivity index (χ4n) is 1.20. The molecule has 0 aliphatic rings. The number of ether oxygens (including phenoxy) is 2. The number of esters is 1. The second kappa shape index (κ2) is 5.03. The van der Waals surface area contributed by atoms with E-state index in [0.29, 0.717) is 0 Å². The summed E-state index contributed by atoms with van der Waals surface area (Å²) >= 11 is 0. The topological polar surface area (TPSA) is 48.4 Å². The number of alkyl halides is 3. The van der Waals surface area contributed by atoms with E-state index in [4.69, 9.17) is 4.74 Å². The summed E-state index contributed by atoms with van der Waals surface area (Å²) in [5, 5.41) is 0. The first-order valence-electron chi connectivity index (χ1n) is 4.56. The summed E-state index contributed by atoms with van der Waals surface area (Å²) in [6.45, 7) is 0. The van der Waals surface area contributed by atoms with Crippen molar-refractivity contribution in [1.29, 1.82) is 0 Å². The van der Waals surface area contributed by atoms with Gasteiger partial charge in [-0.3, -0.25) is 4.79 Å². The lowest BCUT2D eigenvalue weighted by molar-refractivity contribution is -0.141. The molecule has 0 aromatic carbocycles. The van der Waals surface area contributed by atoms with Crippen LogP contribution in [0, 0.1) is 0 Å². The van der Waals surface area contributed by atoms with Crippen molar-refractivity contribution < 1.29 is 27.4 Å². The molecule has 1 rings (SSSR count). The third-order valence-electron chi connectivity index (χ3n) is 2.00. The molecule has 0 aliphatic carbocycles. The second-order valence-corrected chi connectivity index (χ2v) is 3.10. The lowest BCUT2D eigenvalue weighted by Gasteiger charge is -2.12. The van der Waals surface area contributed by atoms with E-state index in [1.807, 2.05) is 0 Å². The number of carbonyl (C=O) groups excluding carboxylic acids is 1. The summed E-state index contributed by atoms with van der Waals surface area (Å²) < 4.78 is 46.8. The van der Waals surface area contributed by atoms with Gasteiger partial charge < -0.3 is 9.47 Å². The van der Waals surface area contributed by atoms with E-state index >= 15 is 0 Å². The minimum Gasteiger partial charge on any atom is -0.481 e. The van der Waals surface area contributed by atoms with Gasteiger partial charge in [0.1, 0.15) is 0 Å². The Bertz CT molecular complexity index is 418. The van der Waals surface area contributed by atoms with Gasteiger partial charge in [-0.15, -0.1) is 0 Å². The highest BCUT2D eigenvalue weighted by Gasteiger charge is 2.34. The zero-order chi connectivity index (χ0) is 13.1. The molecule has 0 fully saturated rings. The van der Waals surface area contributed by atoms with Gasteiger partial charge in [-0.05, 0) is 6.07 Å². The van der Waals surface area contributed by atoms with Crippen LogP contribution in [0.15, 0.2) is 12.1 Å². The van der Waals surface area contributed by atoms with Crippen molar-refractivity contribution in [2.75, 3.05) is 14.2 Å². The number of hydrogen-bond donors (Lipinski definition) is 0. The highest BCUT2D eigenvalue weighted by atomic mass is 19.4. The van der Waals surface area contributed by atoms with Gasteiger partial charge in [0.05, 0.1) is 31.9 Å². The van der Waals surface area contributed by atoms with Crippen LogP contribution in [0.2, 0.25) is 0 Å². The highest BCUT2D eigenvalue weighted by Crippen LogP contribution is 2.32. The van der Waals surface area contributed by atoms with Crippen LogP contribution in [0.4, 0.5) is 13.2 Å². The van der Waals surface area contributed by atoms with Gasteiger partial charge >= 0.3 is 12.1 Å². The third-order valence-corrected chi connectivity index (χ3v) is 2.00. The van der Waals surface area contributed by atoms with E-state index in [0.717, 1.165) is 19.2 Å². The average molecular weight is 249 g/mol. The number of aromatic nitrogens is 1. The van der Waals surface area contributed by atoms with E-state index in [9.17, 15) is 18.0 Å². The number of halogens is 3. The number of pyridine rings is 1. The minimum atomic E-state index is -4.57. The summed E-state index contributed by atoms with van der Waals surface area (Å²) in [5.41, 5.74) is -1.38. The van der Waals surface area contributed by atoms with Gasteiger partial charge in [0.15, 0.2) is 0 Å². The van der Waals surface area contributed by atoms with Gasteiger partial charge in [-0.2, -0.15) is 13.2 Å². The molecule has 0 atom stereocenters. The first-order valence-corrected chi connectivity index (χ1v) is 4.56. The number of rotatable bonds is 3. The Hall–Kier alpha value is -1.79. The first-order chi connectivity index (χ1) is 7.88. The molecule has 0 unspecified atom stereocenters. The van der Waals surface area contributed by atoms with Gasteiger partial charge in [0.25, 0.3) is 0 Å². The maximum Gasteiger partial charge on any atom is 0.418 e. The van der Waals surface area contributed by atoms with Crippen molar-refractivity contribution in [3.8, 4) is 5.88 Å². The molecule has 0 radical (unpaired) electrons. The van der Waals surface area contributed by atoms with Crippen LogP contribution in [-0.4, -0.2) is 25.2 Å². The molecule has 1 aromatic heterocycles. The zero-order valence-corrected chi connectivity index (χ0v) is 9.17. The molecule has 0 amide bonds. The van der Waals surface area contributed by atoms with Crippen LogP contribution in [0.3, 0.4) is 0 Å². The summed E-state index contributed by atoms with van der Waals surface area (Å²) in [6, 6.07) is 1.91. The molecule has 7 heteroatoms. The lowest BCUT2D eigenvalue weighted by Crippen LogP contribution is -2.15. The van der Waals surface area contributed by atoms with E-state index in [-0.39, 0.29) is 5.88 Å². The molecule has 17 heavy (non-hydrogen) atoms. The maximum atomic E-state index is 12.6. The van der Waals surface area contributed by atoms with Crippen LogP contribution < -0.4 is 4.74 Å². The number of carbonyl (C=O) groups is 1. The highest BCUT2D eigenvalue weighted by molar-refractivity contribution is 5.72. The molecular formula is C10H10F3NO3. The number of nitrogens with zero attached hydrogens (tertiary/aromatic N) is 1. The van der Waals surface area contributed by atoms with Crippen molar-refractivity contribution >= 4 is 5.97 Å². The van der Waals surface area contributed by atoms with E-state index in [1.54, 1.807) is 0 Å². The van der Waals surface area contributed by atoms with E-state index in [2.05, 4.69) is 9.72 Å². The summed E-state index contributed by atoms with van der Waals surface area (Å²) in [4.78, 5) is 14.6. The van der Waals surface area contributed by atoms with E-state index in [1.165, 1.54) is 7.11 Å². The van der Waals surface area contributed by atoms with Crippen molar-refractivity contribution in [1.82, 2.24) is 4.98 Å². The van der Waals surface area contributed by atoms with Crippen LogP contribution in [0.25, 0.3) is 0 Å². The maximum absolute atomic E-state index is 12.6. The third kappa shape index (κ3) is 3.33. The SMILES string of the molecule is COC(=O)Cc1nc(OC)ccc1C(F)(F)F. The van der Waals surface area contributed by atoms with Gasteiger partial charge in [0, 0.05) is 6.07 Å². The summed E-state index contributed by atoms with van der Waals surface area (Å²) in [6.07, 6.45) is -5.12. The first kappa shape index (κ1) is 13.3. The van der Waals surface area contributed by atoms with Crippen molar-refractivity contribution in [3.05, 3.63) is 23.4 Å². The normalized spacial score (nSPS) is 11.1. The fourth-order valence-corrected chi connectivity index (χ4v) is 1.20. The molecule has 0 N–H and O–H groups in total. The second-order valence-electron chi connectivity index (χ2n) is 3.10. The molecule has 0 saturated heterocycles. The predicted octanol–water partition coefficient (Wildman–Crippen LogP) is 1.82. The quantitative estimate of drug-likeness (QED) is 0.767. The van der Waals surface area contributed by atoms with Crippen LogP contribution in [0.1, 0.15) is 11.3 Å².